The van der Waals surface area contributed by atoms with E-state index in [0.717, 1.165) is 28.6 Å². The molecule has 1 N–H and O–H groups in total. The van der Waals surface area contributed by atoms with Gasteiger partial charge in [0.25, 0.3) is 0 Å². The zero-order valence-corrected chi connectivity index (χ0v) is 16.0. The van der Waals surface area contributed by atoms with Gasteiger partial charge in [0.05, 0.1) is 10.5 Å². The summed E-state index contributed by atoms with van der Waals surface area (Å²) in [4.78, 5) is 12.6. The fourth-order valence-corrected chi connectivity index (χ4v) is 4.78. The number of nitrogens with one attached hydrogen (secondary N) is 1. The van der Waals surface area contributed by atoms with Gasteiger partial charge in [-0.25, -0.2) is 8.42 Å². The summed E-state index contributed by atoms with van der Waals surface area (Å²) < 4.78 is 64.7. The normalized spacial score (nSPS) is 18.2. The predicted molar refractivity (Wildman–Crippen MR) is 98.4 cm³/mol. The average molecular weight is 433 g/mol. The first-order valence-electron chi connectivity index (χ1n) is 8.34. The molecule has 1 aliphatic heterocycles. The molecule has 0 spiro atoms. The zero-order chi connectivity index (χ0) is 20.5. The molecule has 1 amide bonds. The number of carbonyl (C=O) groups is 1. The van der Waals surface area contributed by atoms with E-state index in [4.69, 9.17) is 11.6 Å². The molecule has 1 aliphatic rings. The van der Waals surface area contributed by atoms with Crippen molar-refractivity contribution in [1.29, 1.82) is 0 Å². The number of anilines is 1. The second kappa shape index (κ2) is 7.73. The summed E-state index contributed by atoms with van der Waals surface area (Å²) >= 11 is 5.79. The number of sulfonamides is 1. The van der Waals surface area contributed by atoms with Crippen LogP contribution in [0, 0.1) is 0 Å². The van der Waals surface area contributed by atoms with Gasteiger partial charge in [-0.1, -0.05) is 11.6 Å². The lowest BCUT2D eigenvalue weighted by molar-refractivity contribution is -0.137. The molecule has 1 fully saturated rings. The van der Waals surface area contributed by atoms with Crippen LogP contribution in [0.2, 0.25) is 5.02 Å². The van der Waals surface area contributed by atoms with Gasteiger partial charge in [0, 0.05) is 17.3 Å². The molecule has 10 heteroatoms. The highest BCUT2D eigenvalue weighted by molar-refractivity contribution is 7.89. The summed E-state index contributed by atoms with van der Waals surface area (Å²) in [7, 11) is -3.90. The molecule has 150 valence electrons. The van der Waals surface area contributed by atoms with Crippen molar-refractivity contribution in [3.05, 3.63) is 59.1 Å². The first-order chi connectivity index (χ1) is 13.1. The van der Waals surface area contributed by atoms with Crippen molar-refractivity contribution in [2.75, 3.05) is 11.9 Å². The quantitative estimate of drug-likeness (QED) is 0.789. The van der Waals surface area contributed by atoms with E-state index >= 15 is 0 Å². The first-order valence-corrected chi connectivity index (χ1v) is 10.2. The van der Waals surface area contributed by atoms with E-state index < -0.39 is 33.7 Å². The van der Waals surface area contributed by atoms with Gasteiger partial charge in [-0.2, -0.15) is 17.5 Å². The van der Waals surface area contributed by atoms with Crippen molar-refractivity contribution in [2.24, 2.45) is 0 Å². The largest absolute Gasteiger partial charge is 0.416 e. The Morgan fingerprint density at radius 1 is 1.07 bits per heavy atom. The van der Waals surface area contributed by atoms with Crippen molar-refractivity contribution in [2.45, 2.75) is 30.0 Å². The predicted octanol–water partition coefficient (Wildman–Crippen LogP) is 4.15. The first kappa shape index (κ1) is 20.6. The van der Waals surface area contributed by atoms with E-state index in [-0.39, 0.29) is 17.1 Å². The molecule has 0 bridgehead atoms. The molecule has 0 saturated carbocycles. The Morgan fingerprint density at radius 2 is 1.68 bits per heavy atom. The molecule has 5 nitrogen and oxygen atoms in total. The van der Waals surface area contributed by atoms with Gasteiger partial charge in [-0.15, -0.1) is 0 Å². The number of nitrogens with zero attached hydrogens (tertiary/aromatic N) is 1. The fraction of sp³-hybridized carbons (Fsp3) is 0.278. The molecule has 1 atom stereocenters. The van der Waals surface area contributed by atoms with Crippen LogP contribution in [0.1, 0.15) is 18.4 Å². The molecule has 0 aliphatic carbocycles. The molecule has 2 aromatic carbocycles. The minimum Gasteiger partial charge on any atom is -0.325 e. The summed E-state index contributed by atoms with van der Waals surface area (Å²) in [5, 5.41) is 2.88. The highest BCUT2D eigenvalue weighted by Crippen LogP contribution is 2.31. The second-order valence-corrected chi connectivity index (χ2v) is 8.62. The lowest BCUT2D eigenvalue weighted by Gasteiger charge is -2.23. The van der Waals surface area contributed by atoms with E-state index in [1.807, 2.05) is 0 Å². The molecule has 3 rings (SSSR count). The topological polar surface area (TPSA) is 66.5 Å². The number of hydrogen-bond donors (Lipinski definition) is 1. The summed E-state index contributed by atoms with van der Waals surface area (Å²) in [6, 6.07) is 8.65. The number of amides is 1. The van der Waals surface area contributed by atoms with Gasteiger partial charge in [-0.3, -0.25) is 4.79 Å². The van der Waals surface area contributed by atoms with Gasteiger partial charge < -0.3 is 5.32 Å². The average Bonchev–Trinajstić information content (AvgIpc) is 3.12. The number of hydrogen-bond acceptors (Lipinski definition) is 3. The van der Waals surface area contributed by atoms with Crippen molar-refractivity contribution < 1.29 is 26.4 Å². The highest BCUT2D eigenvalue weighted by atomic mass is 35.5. The van der Waals surface area contributed by atoms with E-state index in [1.54, 1.807) is 0 Å². The maximum atomic E-state index is 12.8. The van der Waals surface area contributed by atoms with Crippen molar-refractivity contribution in [3.8, 4) is 0 Å². The standard InChI is InChI=1S/C18H16ClF3N2O3S/c19-13-5-9-15(10-6-13)28(26,27)24-11-1-2-16(24)17(25)23-14-7-3-12(4-8-14)18(20,21)22/h3-10,16H,1-2,11H2,(H,23,25)/t16-/m1/s1. The molecule has 28 heavy (non-hydrogen) atoms. The van der Waals surface area contributed by atoms with Gasteiger partial charge in [-0.05, 0) is 61.4 Å². The Labute approximate surface area is 165 Å². The van der Waals surface area contributed by atoms with Gasteiger partial charge in [0.15, 0.2) is 0 Å². The number of benzene rings is 2. The molecule has 1 saturated heterocycles. The Balaban J connectivity index is 1.77. The Hall–Kier alpha value is -2.10. The third kappa shape index (κ3) is 4.31. The number of alkyl halides is 3. The minimum absolute atomic E-state index is 0.0196. The van der Waals surface area contributed by atoms with Gasteiger partial charge in [0.2, 0.25) is 15.9 Å². The van der Waals surface area contributed by atoms with Crippen molar-refractivity contribution in [1.82, 2.24) is 4.31 Å². The monoisotopic (exact) mass is 432 g/mol. The van der Waals surface area contributed by atoms with E-state index in [2.05, 4.69) is 5.32 Å². The highest BCUT2D eigenvalue weighted by Gasteiger charge is 2.39. The van der Waals surface area contributed by atoms with Crippen molar-refractivity contribution in [3.63, 3.8) is 0 Å². The molecule has 2 aromatic rings. The lowest BCUT2D eigenvalue weighted by atomic mass is 10.2. The smallest absolute Gasteiger partial charge is 0.325 e. The van der Waals surface area contributed by atoms with Crippen LogP contribution in [0.25, 0.3) is 0 Å². The van der Waals surface area contributed by atoms with Crippen LogP contribution in [-0.4, -0.2) is 31.2 Å². The summed E-state index contributed by atoms with van der Waals surface area (Å²) in [6.45, 7) is 0.177. The van der Waals surface area contributed by atoms with Crippen LogP contribution in [-0.2, 0) is 21.0 Å². The SMILES string of the molecule is O=C(Nc1ccc(C(F)(F)F)cc1)[C@H]1CCCN1S(=O)(=O)c1ccc(Cl)cc1. The summed E-state index contributed by atoms with van der Waals surface area (Å²) in [6.07, 6.45) is -3.66. The zero-order valence-electron chi connectivity index (χ0n) is 14.4. The van der Waals surface area contributed by atoms with Crippen LogP contribution in [0.5, 0.6) is 0 Å². The maximum absolute atomic E-state index is 12.8. The number of rotatable bonds is 4. The van der Waals surface area contributed by atoms with E-state index in [0.29, 0.717) is 17.9 Å². The van der Waals surface area contributed by atoms with E-state index in [9.17, 15) is 26.4 Å². The van der Waals surface area contributed by atoms with Gasteiger partial charge in [0.1, 0.15) is 6.04 Å². The van der Waals surface area contributed by atoms with Crippen LogP contribution in [0.4, 0.5) is 18.9 Å². The Bertz CT molecular complexity index is 961. The molecular formula is C18H16ClF3N2O3S. The molecule has 0 radical (unpaired) electrons. The fourth-order valence-electron chi connectivity index (χ4n) is 3.00. The second-order valence-electron chi connectivity index (χ2n) is 6.29. The van der Waals surface area contributed by atoms with Crippen LogP contribution in [0.15, 0.2) is 53.4 Å². The van der Waals surface area contributed by atoms with Crippen molar-refractivity contribution >= 4 is 33.2 Å². The molecular weight excluding hydrogens is 417 g/mol. The molecule has 0 unspecified atom stereocenters. The summed E-state index contributed by atoms with van der Waals surface area (Å²) in [5.74, 6) is -0.588. The van der Waals surface area contributed by atoms with Crippen LogP contribution >= 0.6 is 11.6 Å². The third-order valence-corrected chi connectivity index (χ3v) is 6.58. The lowest BCUT2D eigenvalue weighted by Crippen LogP contribution is -2.43. The maximum Gasteiger partial charge on any atom is 0.416 e. The van der Waals surface area contributed by atoms with E-state index in [1.165, 1.54) is 24.3 Å². The van der Waals surface area contributed by atoms with Crippen LogP contribution < -0.4 is 5.32 Å². The molecule has 0 aromatic heterocycles. The summed E-state index contributed by atoms with van der Waals surface area (Å²) in [5.41, 5.74) is -0.674. The van der Waals surface area contributed by atoms with Gasteiger partial charge >= 0.3 is 6.18 Å². The molecule has 1 heterocycles. The number of halogens is 4. The Kier molecular flexibility index (Phi) is 5.69. The minimum atomic E-state index is -4.47. The number of carbonyl (C=O) groups excluding carboxylic acids is 1. The van der Waals surface area contributed by atoms with Crippen LogP contribution in [0.3, 0.4) is 0 Å². The Morgan fingerprint density at radius 3 is 2.25 bits per heavy atom. The third-order valence-electron chi connectivity index (χ3n) is 4.41.